The number of piperazine rings is 1. The van der Waals surface area contributed by atoms with Gasteiger partial charge in [-0.25, -0.2) is 5.43 Å². The molecule has 0 radical (unpaired) electrons. The van der Waals surface area contributed by atoms with Crippen molar-refractivity contribution in [2.45, 2.75) is 6.54 Å². The van der Waals surface area contributed by atoms with Gasteiger partial charge in [0.25, 0.3) is 5.91 Å². The fourth-order valence-corrected chi connectivity index (χ4v) is 3.35. The number of carbonyl (C=O) groups excluding carboxylic acids is 1. The van der Waals surface area contributed by atoms with E-state index < -0.39 is 0 Å². The SMILES string of the molecule is COc1cc(/C=N\NC(=O)CN2CCN(Cc3ccccc3)CC2)cc(OC)c1O. The summed E-state index contributed by atoms with van der Waals surface area (Å²) < 4.78 is 10.2. The van der Waals surface area contributed by atoms with E-state index in [1.807, 2.05) is 6.07 Å². The number of amides is 1. The standard InChI is InChI=1S/C22H28N4O4/c1-29-19-12-18(13-20(30-2)22(19)28)14-23-24-21(27)16-26-10-8-25(9-11-26)15-17-6-4-3-5-7-17/h3-7,12-14,28H,8-11,15-16H2,1-2H3,(H,24,27)/b23-14-. The van der Waals surface area contributed by atoms with Gasteiger partial charge in [-0.2, -0.15) is 5.10 Å². The highest BCUT2D eigenvalue weighted by Gasteiger charge is 2.18. The van der Waals surface area contributed by atoms with Crippen LogP contribution in [0.4, 0.5) is 0 Å². The smallest absolute Gasteiger partial charge is 0.254 e. The number of rotatable bonds is 8. The molecule has 2 aromatic rings. The number of hydrazone groups is 1. The van der Waals surface area contributed by atoms with Gasteiger partial charge in [0, 0.05) is 38.3 Å². The summed E-state index contributed by atoms with van der Waals surface area (Å²) in [4.78, 5) is 16.7. The summed E-state index contributed by atoms with van der Waals surface area (Å²) >= 11 is 0. The Bertz CT molecular complexity index is 840. The zero-order valence-corrected chi connectivity index (χ0v) is 17.4. The lowest BCUT2D eigenvalue weighted by molar-refractivity contribution is -0.122. The van der Waals surface area contributed by atoms with Crippen molar-refractivity contribution in [3.05, 3.63) is 53.6 Å². The molecule has 0 spiro atoms. The number of methoxy groups -OCH3 is 2. The summed E-state index contributed by atoms with van der Waals surface area (Å²) in [6, 6.07) is 13.6. The predicted molar refractivity (Wildman–Crippen MR) is 115 cm³/mol. The van der Waals surface area contributed by atoms with Gasteiger partial charge in [-0.05, 0) is 17.7 Å². The minimum Gasteiger partial charge on any atom is -0.502 e. The highest BCUT2D eigenvalue weighted by molar-refractivity contribution is 5.84. The molecule has 8 heteroatoms. The molecule has 1 aliphatic rings. The van der Waals surface area contributed by atoms with Gasteiger partial charge in [0.05, 0.1) is 27.0 Å². The number of carbonyl (C=O) groups is 1. The summed E-state index contributed by atoms with van der Waals surface area (Å²) in [5, 5.41) is 13.9. The zero-order chi connectivity index (χ0) is 21.3. The summed E-state index contributed by atoms with van der Waals surface area (Å²) in [7, 11) is 2.91. The molecule has 1 amide bonds. The van der Waals surface area contributed by atoms with Gasteiger partial charge in [-0.3, -0.25) is 14.6 Å². The summed E-state index contributed by atoms with van der Waals surface area (Å²) in [5.74, 6) is 0.305. The Morgan fingerprint density at radius 2 is 1.67 bits per heavy atom. The summed E-state index contributed by atoms with van der Waals surface area (Å²) in [6.07, 6.45) is 1.49. The van der Waals surface area contributed by atoms with Crippen LogP contribution in [0.5, 0.6) is 17.2 Å². The fourth-order valence-electron chi connectivity index (χ4n) is 3.35. The molecule has 1 saturated heterocycles. The molecule has 0 atom stereocenters. The quantitative estimate of drug-likeness (QED) is 0.507. The van der Waals surface area contributed by atoms with E-state index in [9.17, 15) is 9.90 Å². The number of phenols is 1. The maximum absolute atomic E-state index is 12.2. The van der Waals surface area contributed by atoms with Crippen molar-refractivity contribution in [2.24, 2.45) is 5.10 Å². The number of benzene rings is 2. The largest absolute Gasteiger partial charge is 0.502 e. The first-order chi connectivity index (χ1) is 14.6. The van der Waals surface area contributed by atoms with E-state index in [2.05, 4.69) is 44.6 Å². The molecule has 30 heavy (non-hydrogen) atoms. The maximum atomic E-state index is 12.2. The van der Waals surface area contributed by atoms with Crippen molar-refractivity contribution in [2.75, 3.05) is 46.9 Å². The normalized spacial score (nSPS) is 15.3. The Labute approximate surface area is 176 Å². The number of nitrogens with zero attached hydrogens (tertiary/aromatic N) is 3. The number of hydrogen-bond donors (Lipinski definition) is 2. The Morgan fingerprint density at radius 3 is 2.27 bits per heavy atom. The first-order valence-corrected chi connectivity index (χ1v) is 9.84. The first-order valence-electron chi connectivity index (χ1n) is 9.84. The van der Waals surface area contributed by atoms with Crippen LogP contribution in [0.1, 0.15) is 11.1 Å². The van der Waals surface area contributed by atoms with Crippen LogP contribution in [0.3, 0.4) is 0 Å². The maximum Gasteiger partial charge on any atom is 0.254 e. The average Bonchev–Trinajstić information content (AvgIpc) is 2.76. The van der Waals surface area contributed by atoms with E-state index in [1.54, 1.807) is 12.1 Å². The molecule has 2 aromatic carbocycles. The predicted octanol–water partition coefficient (Wildman–Crippen LogP) is 1.68. The molecule has 160 valence electrons. The van der Waals surface area contributed by atoms with Crippen LogP contribution in [0.25, 0.3) is 0 Å². The minimum atomic E-state index is -0.166. The van der Waals surface area contributed by atoms with Gasteiger partial charge in [0.2, 0.25) is 5.75 Å². The second-order valence-corrected chi connectivity index (χ2v) is 7.11. The molecule has 1 aliphatic heterocycles. The molecule has 0 bridgehead atoms. The van der Waals surface area contributed by atoms with Crippen LogP contribution in [-0.4, -0.2) is 74.0 Å². The number of ether oxygens (including phenoxy) is 2. The van der Waals surface area contributed by atoms with Gasteiger partial charge >= 0.3 is 0 Å². The van der Waals surface area contributed by atoms with E-state index in [-0.39, 0.29) is 23.2 Å². The Kier molecular flexibility index (Phi) is 7.64. The third-order valence-electron chi connectivity index (χ3n) is 4.99. The van der Waals surface area contributed by atoms with E-state index in [0.29, 0.717) is 12.1 Å². The molecular weight excluding hydrogens is 384 g/mol. The summed E-state index contributed by atoms with van der Waals surface area (Å²) in [6.45, 7) is 4.78. The van der Waals surface area contributed by atoms with Crippen molar-refractivity contribution < 1.29 is 19.4 Å². The van der Waals surface area contributed by atoms with Crippen molar-refractivity contribution in [1.82, 2.24) is 15.2 Å². The van der Waals surface area contributed by atoms with E-state index in [4.69, 9.17) is 9.47 Å². The lowest BCUT2D eigenvalue weighted by Gasteiger charge is -2.34. The van der Waals surface area contributed by atoms with Crippen molar-refractivity contribution >= 4 is 12.1 Å². The highest BCUT2D eigenvalue weighted by Crippen LogP contribution is 2.36. The monoisotopic (exact) mass is 412 g/mol. The average molecular weight is 412 g/mol. The molecule has 8 nitrogen and oxygen atoms in total. The van der Waals surface area contributed by atoms with Gasteiger partial charge in [0.15, 0.2) is 11.5 Å². The van der Waals surface area contributed by atoms with Crippen molar-refractivity contribution in [3.8, 4) is 17.2 Å². The second-order valence-electron chi connectivity index (χ2n) is 7.11. The lowest BCUT2D eigenvalue weighted by atomic mass is 10.2. The van der Waals surface area contributed by atoms with Crippen LogP contribution in [0.2, 0.25) is 0 Å². The van der Waals surface area contributed by atoms with Crippen molar-refractivity contribution in [3.63, 3.8) is 0 Å². The fraction of sp³-hybridized carbons (Fsp3) is 0.364. The van der Waals surface area contributed by atoms with E-state index >= 15 is 0 Å². The topological polar surface area (TPSA) is 86.6 Å². The van der Waals surface area contributed by atoms with Gasteiger partial charge in [-0.1, -0.05) is 30.3 Å². The Morgan fingerprint density at radius 1 is 1.07 bits per heavy atom. The van der Waals surface area contributed by atoms with Crippen LogP contribution >= 0.6 is 0 Å². The van der Waals surface area contributed by atoms with Crippen molar-refractivity contribution in [1.29, 1.82) is 0 Å². The molecule has 0 unspecified atom stereocenters. The molecule has 0 aromatic heterocycles. The van der Waals surface area contributed by atoms with Crippen LogP contribution in [0, 0.1) is 0 Å². The van der Waals surface area contributed by atoms with Gasteiger partial charge < -0.3 is 14.6 Å². The molecule has 0 aliphatic carbocycles. The molecule has 1 fully saturated rings. The van der Waals surface area contributed by atoms with Crippen LogP contribution < -0.4 is 14.9 Å². The third kappa shape index (κ3) is 5.95. The van der Waals surface area contributed by atoms with E-state index in [0.717, 1.165) is 32.7 Å². The highest BCUT2D eigenvalue weighted by atomic mass is 16.5. The second kappa shape index (κ2) is 10.6. The number of nitrogens with one attached hydrogen (secondary N) is 1. The molecule has 0 saturated carbocycles. The summed E-state index contributed by atoms with van der Waals surface area (Å²) in [5.41, 5.74) is 4.49. The molecular formula is C22H28N4O4. The third-order valence-corrected chi connectivity index (χ3v) is 4.99. The molecule has 3 rings (SSSR count). The Hall–Kier alpha value is -3.10. The van der Waals surface area contributed by atoms with Crippen LogP contribution in [-0.2, 0) is 11.3 Å². The molecule has 1 heterocycles. The number of hydrogen-bond acceptors (Lipinski definition) is 7. The van der Waals surface area contributed by atoms with Gasteiger partial charge in [0.1, 0.15) is 0 Å². The number of phenolic OH excluding ortho intramolecular Hbond substituents is 1. The molecule has 2 N–H and O–H groups in total. The minimum absolute atomic E-state index is 0.0763. The van der Waals surface area contributed by atoms with Gasteiger partial charge in [-0.15, -0.1) is 0 Å². The van der Waals surface area contributed by atoms with Crippen LogP contribution in [0.15, 0.2) is 47.6 Å². The van der Waals surface area contributed by atoms with E-state index in [1.165, 1.54) is 26.0 Å². The zero-order valence-electron chi connectivity index (χ0n) is 17.4. The first kappa shape index (κ1) is 21.6. The lowest BCUT2D eigenvalue weighted by Crippen LogP contribution is -2.48. The number of aromatic hydroxyl groups is 1. The Balaban J connectivity index is 1.44.